The number of carbonyl (C=O) groups is 1. The zero-order valence-corrected chi connectivity index (χ0v) is 8.92. The molecular formula is C12H16N2O. The Balaban J connectivity index is 2.08. The summed E-state index contributed by atoms with van der Waals surface area (Å²) in [6.07, 6.45) is 2.96. The first kappa shape index (κ1) is 10.0. The number of hydrogen-bond acceptors (Lipinski definition) is 2. The molecule has 0 bridgehead atoms. The van der Waals surface area contributed by atoms with Crippen molar-refractivity contribution in [2.45, 2.75) is 26.2 Å². The quantitative estimate of drug-likeness (QED) is 0.741. The van der Waals surface area contributed by atoms with E-state index in [0.29, 0.717) is 0 Å². The second-order valence-corrected chi connectivity index (χ2v) is 4.03. The summed E-state index contributed by atoms with van der Waals surface area (Å²) in [5.41, 5.74) is 8.54. The number of nitrogens with one attached hydrogen (secondary N) is 1. The first-order valence-corrected chi connectivity index (χ1v) is 5.40. The summed E-state index contributed by atoms with van der Waals surface area (Å²) in [6, 6.07) is 5.71. The second kappa shape index (κ2) is 3.93. The molecule has 3 nitrogen and oxygen atoms in total. The maximum atomic E-state index is 11.5. The molecule has 0 aromatic heterocycles. The number of anilines is 2. The van der Waals surface area contributed by atoms with Gasteiger partial charge in [0.25, 0.3) is 0 Å². The lowest BCUT2D eigenvalue weighted by Gasteiger charge is -2.07. The van der Waals surface area contributed by atoms with Gasteiger partial charge in [-0.3, -0.25) is 4.79 Å². The maximum absolute atomic E-state index is 11.5. The molecule has 0 saturated heterocycles. The van der Waals surface area contributed by atoms with Crippen molar-refractivity contribution in [3.8, 4) is 0 Å². The zero-order chi connectivity index (χ0) is 10.8. The average molecular weight is 204 g/mol. The van der Waals surface area contributed by atoms with Gasteiger partial charge in [-0.1, -0.05) is 13.0 Å². The Bertz CT molecular complexity index is 383. The fourth-order valence-electron chi connectivity index (χ4n) is 1.58. The topological polar surface area (TPSA) is 55.1 Å². The number of aryl methyl sites for hydroxylation is 1. The van der Waals surface area contributed by atoms with E-state index in [4.69, 9.17) is 5.73 Å². The number of hydrogen-bond donors (Lipinski definition) is 2. The highest BCUT2D eigenvalue weighted by atomic mass is 16.2. The van der Waals surface area contributed by atoms with E-state index in [1.54, 1.807) is 0 Å². The maximum Gasteiger partial charge on any atom is 0.227 e. The Hall–Kier alpha value is -1.51. The van der Waals surface area contributed by atoms with E-state index in [0.717, 1.165) is 36.2 Å². The summed E-state index contributed by atoms with van der Waals surface area (Å²) >= 11 is 0. The van der Waals surface area contributed by atoms with Gasteiger partial charge < -0.3 is 11.1 Å². The molecule has 0 unspecified atom stereocenters. The van der Waals surface area contributed by atoms with Gasteiger partial charge in [0.1, 0.15) is 0 Å². The lowest BCUT2D eigenvalue weighted by molar-refractivity contribution is -0.117. The van der Waals surface area contributed by atoms with Crippen LogP contribution in [0.2, 0.25) is 0 Å². The highest BCUT2D eigenvalue weighted by molar-refractivity contribution is 5.94. The summed E-state index contributed by atoms with van der Waals surface area (Å²) in [7, 11) is 0. The Kier molecular flexibility index (Phi) is 2.62. The fraction of sp³-hybridized carbons (Fsp3) is 0.417. The van der Waals surface area contributed by atoms with Crippen molar-refractivity contribution < 1.29 is 4.79 Å². The molecule has 1 amide bonds. The molecule has 1 fully saturated rings. The number of amides is 1. The van der Waals surface area contributed by atoms with E-state index in [-0.39, 0.29) is 11.8 Å². The van der Waals surface area contributed by atoms with Crippen molar-refractivity contribution in [2.75, 3.05) is 11.1 Å². The van der Waals surface area contributed by atoms with Gasteiger partial charge in [-0.05, 0) is 37.0 Å². The van der Waals surface area contributed by atoms with Crippen LogP contribution in [0.25, 0.3) is 0 Å². The molecule has 1 aromatic carbocycles. The van der Waals surface area contributed by atoms with Gasteiger partial charge in [0, 0.05) is 17.3 Å². The van der Waals surface area contributed by atoms with E-state index in [1.807, 2.05) is 18.2 Å². The summed E-state index contributed by atoms with van der Waals surface area (Å²) in [5, 5.41) is 2.88. The molecule has 2 rings (SSSR count). The largest absolute Gasteiger partial charge is 0.398 e. The van der Waals surface area contributed by atoms with Crippen molar-refractivity contribution in [1.29, 1.82) is 0 Å². The molecule has 1 saturated carbocycles. The predicted octanol–water partition coefficient (Wildman–Crippen LogP) is 2.18. The predicted molar refractivity (Wildman–Crippen MR) is 61.6 cm³/mol. The molecule has 0 heterocycles. The highest BCUT2D eigenvalue weighted by Crippen LogP contribution is 2.30. The number of nitrogen functional groups attached to an aromatic ring is 1. The molecule has 80 valence electrons. The van der Waals surface area contributed by atoms with Crippen LogP contribution in [0.5, 0.6) is 0 Å². The standard InChI is InChI=1S/C12H16N2O/c1-2-8-5-6-10(7-11(8)13)14-12(15)9-3-4-9/h5-7,9H,2-4,13H2,1H3,(H,14,15). The summed E-state index contributed by atoms with van der Waals surface area (Å²) in [5.74, 6) is 0.357. The Morgan fingerprint density at radius 1 is 1.53 bits per heavy atom. The van der Waals surface area contributed by atoms with Crippen LogP contribution in [0.4, 0.5) is 11.4 Å². The van der Waals surface area contributed by atoms with Crippen molar-refractivity contribution in [3.63, 3.8) is 0 Å². The third-order valence-electron chi connectivity index (χ3n) is 2.74. The Labute approximate surface area is 89.7 Å². The fourth-order valence-corrected chi connectivity index (χ4v) is 1.58. The van der Waals surface area contributed by atoms with E-state index in [2.05, 4.69) is 12.2 Å². The normalized spacial score (nSPS) is 15.0. The van der Waals surface area contributed by atoms with Gasteiger partial charge in [-0.25, -0.2) is 0 Å². The molecule has 15 heavy (non-hydrogen) atoms. The number of benzene rings is 1. The average Bonchev–Trinajstić information content (AvgIpc) is 3.01. The van der Waals surface area contributed by atoms with Crippen LogP contribution in [-0.4, -0.2) is 5.91 Å². The molecule has 3 heteroatoms. The smallest absolute Gasteiger partial charge is 0.227 e. The van der Waals surface area contributed by atoms with Gasteiger partial charge >= 0.3 is 0 Å². The zero-order valence-electron chi connectivity index (χ0n) is 8.92. The van der Waals surface area contributed by atoms with Crippen LogP contribution in [0, 0.1) is 5.92 Å². The van der Waals surface area contributed by atoms with E-state index < -0.39 is 0 Å². The molecular weight excluding hydrogens is 188 g/mol. The highest BCUT2D eigenvalue weighted by Gasteiger charge is 2.29. The van der Waals surface area contributed by atoms with Gasteiger partial charge in [0.15, 0.2) is 0 Å². The van der Waals surface area contributed by atoms with Crippen LogP contribution in [-0.2, 0) is 11.2 Å². The SMILES string of the molecule is CCc1ccc(NC(=O)C2CC2)cc1N. The summed E-state index contributed by atoms with van der Waals surface area (Å²) < 4.78 is 0. The van der Waals surface area contributed by atoms with Crippen LogP contribution in [0.3, 0.4) is 0 Å². The minimum absolute atomic E-state index is 0.124. The molecule has 1 aliphatic carbocycles. The third-order valence-corrected chi connectivity index (χ3v) is 2.74. The summed E-state index contributed by atoms with van der Waals surface area (Å²) in [4.78, 5) is 11.5. The van der Waals surface area contributed by atoms with Crippen LogP contribution in [0.15, 0.2) is 18.2 Å². The van der Waals surface area contributed by atoms with Crippen LogP contribution >= 0.6 is 0 Å². The van der Waals surface area contributed by atoms with Gasteiger partial charge in [0.05, 0.1) is 0 Å². The lowest BCUT2D eigenvalue weighted by atomic mass is 10.1. The van der Waals surface area contributed by atoms with Crippen LogP contribution in [0.1, 0.15) is 25.3 Å². The number of carbonyl (C=O) groups excluding carboxylic acids is 1. The van der Waals surface area contributed by atoms with Crippen LogP contribution < -0.4 is 11.1 Å². The first-order chi connectivity index (χ1) is 7.20. The Morgan fingerprint density at radius 2 is 2.27 bits per heavy atom. The minimum Gasteiger partial charge on any atom is -0.398 e. The van der Waals surface area contributed by atoms with Crippen molar-refractivity contribution in [3.05, 3.63) is 23.8 Å². The molecule has 1 aliphatic rings. The van der Waals surface area contributed by atoms with E-state index in [9.17, 15) is 4.79 Å². The van der Waals surface area contributed by atoms with Crippen molar-refractivity contribution in [1.82, 2.24) is 0 Å². The van der Waals surface area contributed by atoms with Crippen molar-refractivity contribution in [2.24, 2.45) is 5.92 Å². The monoisotopic (exact) mass is 204 g/mol. The molecule has 3 N–H and O–H groups in total. The third kappa shape index (κ3) is 2.29. The summed E-state index contributed by atoms with van der Waals surface area (Å²) in [6.45, 7) is 2.06. The molecule has 0 atom stereocenters. The van der Waals surface area contributed by atoms with Gasteiger partial charge in [-0.2, -0.15) is 0 Å². The Morgan fingerprint density at radius 3 is 2.80 bits per heavy atom. The molecule has 0 radical (unpaired) electrons. The van der Waals surface area contributed by atoms with Gasteiger partial charge in [-0.15, -0.1) is 0 Å². The molecule has 0 spiro atoms. The number of rotatable bonds is 3. The minimum atomic E-state index is 0.124. The molecule has 0 aliphatic heterocycles. The van der Waals surface area contributed by atoms with Crippen molar-refractivity contribution >= 4 is 17.3 Å². The first-order valence-electron chi connectivity index (χ1n) is 5.40. The van der Waals surface area contributed by atoms with Gasteiger partial charge in [0.2, 0.25) is 5.91 Å². The van der Waals surface area contributed by atoms with E-state index in [1.165, 1.54) is 0 Å². The molecule has 1 aromatic rings. The lowest BCUT2D eigenvalue weighted by Crippen LogP contribution is -2.13. The second-order valence-electron chi connectivity index (χ2n) is 4.03. The number of nitrogens with two attached hydrogens (primary N) is 1. The van der Waals surface area contributed by atoms with E-state index >= 15 is 0 Å².